The third kappa shape index (κ3) is 4.02. The van der Waals surface area contributed by atoms with Gasteiger partial charge in [0.2, 0.25) is 0 Å². The molecule has 5 nitrogen and oxygen atoms in total. The second kappa shape index (κ2) is 8.52. The maximum absolute atomic E-state index is 12.7. The van der Waals surface area contributed by atoms with E-state index in [1.807, 2.05) is 17.0 Å². The van der Waals surface area contributed by atoms with Gasteiger partial charge >= 0.3 is 6.03 Å². The molecule has 0 saturated carbocycles. The molecule has 2 aromatic rings. The second-order valence-electron chi connectivity index (χ2n) is 7.42. The fraction of sp³-hybridized carbons (Fsp3) is 0.409. The van der Waals surface area contributed by atoms with Crippen LogP contribution in [0.25, 0.3) is 0 Å². The van der Waals surface area contributed by atoms with Crippen molar-refractivity contribution in [3.63, 3.8) is 0 Å². The number of carbonyl (C=O) groups excluding carboxylic acids is 1. The summed E-state index contributed by atoms with van der Waals surface area (Å²) >= 11 is 5.92. The van der Waals surface area contributed by atoms with Gasteiger partial charge in [-0.2, -0.15) is 0 Å². The minimum absolute atomic E-state index is 0.0257. The van der Waals surface area contributed by atoms with Gasteiger partial charge in [0.05, 0.1) is 13.2 Å². The number of ether oxygens (including phenoxy) is 1. The molecule has 2 aliphatic heterocycles. The third-order valence-corrected chi connectivity index (χ3v) is 6.15. The molecule has 0 atom stereocenters. The third-order valence-electron chi connectivity index (χ3n) is 5.90. The van der Waals surface area contributed by atoms with Crippen molar-refractivity contribution in [1.82, 2.24) is 9.80 Å². The average Bonchev–Trinajstić information content (AvgIpc) is 2.76. The standard InChI is InChI=1S/C22H26ClN3O2/c23-19-6-8-20(9-7-19)24-21(27)25-12-10-22(11-13-25,18-4-2-1-3-5-18)26-14-16-28-17-15-26/h1-9H,10-17H2,(H,24,27). The van der Waals surface area contributed by atoms with E-state index in [4.69, 9.17) is 16.3 Å². The van der Waals surface area contributed by atoms with Crippen LogP contribution in [-0.2, 0) is 10.3 Å². The van der Waals surface area contributed by atoms with Crippen LogP contribution in [0, 0.1) is 0 Å². The fourth-order valence-electron chi connectivity index (χ4n) is 4.34. The molecule has 1 N–H and O–H groups in total. The largest absolute Gasteiger partial charge is 0.379 e. The van der Waals surface area contributed by atoms with Crippen LogP contribution in [0.3, 0.4) is 0 Å². The first-order valence-corrected chi connectivity index (χ1v) is 10.2. The van der Waals surface area contributed by atoms with E-state index in [0.29, 0.717) is 5.02 Å². The molecule has 28 heavy (non-hydrogen) atoms. The summed E-state index contributed by atoms with van der Waals surface area (Å²) in [4.78, 5) is 17.2. The number of carbonyl (C=O) groups is 1. The van der Waals surface area contributed by atoms with Crippen LogP contribution in [0.4, 0.5) is 10.5 Å². The van der Waals surface area contributed by atoms with Gasteiger partial charge in [-0.05, 0) is 42.7 Å². The number of morpholine rings is 1. The highest BCUT2D eigenvalue weighted by Gasteiger charge is 2.42. The van der Waals surface area contributed by atoms with E-state index in [0.717, 1.165) is 57.9 Å². The number of anilines is 1. The number of nitrogens with one attached hydrogen (secondary N) is 1. The zero-order valence-corrected chi connectivity index (χ0v) is 16.7. The van der Waals surface area contributed by atoms with E-state index < -0.39 is 0 Å². The Morgan fingerprint density at radius 2 is 1.57 bits per heavy atom. The van der Waals surface area contributed by atoms with Gasteiger partial charge in [0, 0.05) is 42.4 Å². The smallest absolute Gasteiger partial charge is 0.321 e. The van der Waals surface area contributed by atoms with Crippen LogP contribution in [0.2, 0.25) is 5.02 Å². The van der Waals surface area contributed by atoms with Crippen LogP contribution >= 0.6 is 11.6 Å². The van der Waals surface area contributed by atoms with Crippen LogP contribution in [0.5, 0.6) is 0 Å². The lowest BCUT2D eigenvalue weighted by molar-refractivity contribution is -0.0464. The van der Waals surface area contributed by atoms with Gasteiger partial charge in [-0.1, -0.05) is 41.9 Å². The predicted molar refractivity (Wildman–Crippen MR) is 112 cm³/mol. The van der Waals surface area contributed by atoms with Gasteiger partial charge in [-0.25, -0.2) is 4.79 Å². The minimum Gasteiger partial charge on any atom is -0.379 e. The Morgan fingerprint density at radius 1 is 0.929 bits per heavy atom. The van der Waals surface area contributed by atoms with Crippen molar-refractivity contribution in [3.05, 3.63) is 65.2 Å². The lowest BCUT2D eigenvalue weighted by Gasteiger charge is -2.50. The summed E-state index contributed by atoms with van der Waals surface area (Å²) in [6, 6.07) is 17.9. The van der Waals surface area contributed by atoms with Crippen LogP contribution in [0.1, 0.15) is 18.4 Å². The number of benzene rings is 2. The van der Waals surface area contributed by atoms with E-state index >= 15 is 0 Å². The van der Waals surface area contributed by atoms with Crippen LogP contribution in [-0.4, -0.2) is 55.2 Å². The molecular weight excluding hydrogens is 374 g/mol. The molecule has 0 bridgehead atoms. The van der Waals surface area contributed by atoms with Gasteiger partial charge < -0.3 is 15.0 Å². The first kappa shape index (κ1) is 19.2. The average molecular weight is 400 g/mol. The number of halogens is 1. The number of rotatable bonds is 3. The Morgan fingerprint density at radius 3 is 2.21 bits per heavy atom. The van der Waals surface area contributed by atoms with E-state index in [1.54, 1.807) is 12.1 Å². The summed E-state index contributed by atoms with van der Waals surface area (Å²) < 4.78 is 5.58. The molecular formula is C22H26ClN3O2. The van der Waals surface area contributed by atoms with Crippen molar-refractivity contribution in [1.29, 1.82) is 0 Å². The lowest BCUT2D eigenvalue weighted by atomic mass is 9.79. The summed E-state index contributed by atoms with van der Waals surface area (Å²) in [5, 5.41) is 3.64. The Bertz CT molecular complexity index is 783. The van der Waals surface area contributed by atoms with Gasteiger partial charge in [0.25, 0.3) is 0 Å². The number of hydrogen-bond donors (Lipinski definition) is 1. The highest BCUT2D eigenvalue weighted by atomic mass is 35.5. The van der Waals surface area contributed by atoms with Crippen LogP contribution < -0.4 is 5.32 Å². The Labute approximate surface area is 171 Å². The molecule has 2 heterocycles. The van der Waals surface area contributed by atoms with Gasteiger partial charge in [-0.3, -0.25) is 4.90 Å². The molecule has 0 aromatic heterocycles. The van der Waals surface area contributed by atoms with Gasteiger partial charge in [0.15, 0.2) is 0 Å². The van der Waals surface area contributed by atoms with Crippen LogP contribution in [0.15, 0.2) is 54.6 Å². The first-order valence-electron chi connectivity index (χ1n) is 9.87. The van der Waals surface area contributed by atoms with Crippen molar-refractivity contribution < 1.29 is 9.53 Å². The maximum atomic E-state index is 12.7. The first-order chi connectivity index (χ1) is 13.7. The molecule has 0 radical (unpaired) electrons. The zero-order chi connectivity index (χ0) is 19.4. The number of hydrogen-bond acceptors (Lipinski definition) is 3. The summed E-state index contributed by atoms with van der Waals surface area (Å²) in [7, 11) is 0. The van der Waals surface area contributed by atoms with Crippen molar-refractivity contribution in [2.24, 2.45) is 0 Å². The van der Waals surface area contributed by atoms with Crippen molar-refractivity contribution in [2.75, 3.05) is 44.7 Å². The van der Waals surface area contributed by atoms with Crippen molar-refractivity contribution in [3.8, 4) is 0 Å². The molecule has 4 rings (SSSR count). The number of nitrogens with zero attached hydrogens (tertiary/aromatic N) is 2. The number of amides is 2. The zero-order valence-electron chi connectivity index (χ0n) is 15.9. The molecule has 2 fully saturated rings. The summed E-state index contributed by atoms with van der Waals surface area (Å²) in [5.74, 6) is 0. The molecule has 0 aliphatic carbocycles. The number of urea groups is 1. The Balaban J connectivity index is 1.47. The molecule has 2 aliphatic rings. The topological polar surface area (TPSA) is 44.8 Å². The monoisotopic (exact) mass is 399 g/mol. The Hall–Kier alpha value is -2.08. The lowest BCUT2D eigenvalue weighted by Crippen LogP contribution is -2.57. The summed E-state index contributed by atoms with van der Waals surface area (Å²) in [6.07, 6.45) is 1.84. The number of likely N-dealkylation sites (tertiary alicyclic amines) is 1. The quantitative estimate of drug-likeness (QED) is 0.841. The highest BCUT2D eigenvalue weighted by Crippen LogP contribution is 2.39. The molecule has 6 heteroatoms. The predicted octanol–water partition coefficient (Wildman–Crippen LogP) is 4.20. The molecule has 2 aromatic carbocycles. The van der Waals surface area contributed by atoms with E-state index in [-0.39, 0.29) is 11.6 Å². The number of piperidine rings is 1. The highest BCUT2D eigenvalue weighted by molar-refractivity contribution is 6.30. The molecule has 0 spiro atoms. The van der Waals surface area contributed by atoms with Gasteiger partial charge in [-0.15, -0.1) is 0 Å². The SMILES string of the molecule is O=C(Nc1ccc(Cl)cc1)N1CCC(c2ccccc2)(N2CCOCC2)CC1. The summed E-state index contributed by atoms with van der Waals surface area (Å²) in [5.41, 5.74) is 2.08. The maximum Gasteiger partial charge on any atom is 0.321 e. The van der Waals surface area contributed by atoms with E-state index in [1.165, 1.54) is 5.56 Å². The van der Waals surface area contributed by atoms with Crippen molar-refractivity contribution in [2.45, 2.75) is 18.4 Å². The Kier molecular flexibility index (Phi) is 5.85. The minimum atomic E-state index is -0.0500. The second-order valence-corrected chi connectivity index (χ2v) is 7.86. The van der Waals surface area contributed by atoms with Gasteiger partial charge in [0.1, 0.15) is 0 Å². The molecule has 148 valence electrons. The van der Waals surface area contributed by atoms with E-state index in [2.05, 4.69) is 40.5 Å². The summed E-state index contributed by atoms with van der Waals surface area (Å²) in [6.45, 7) is 4.87. The molecule has 2 amide bonds. The van der Waals surface area contributed by atoms with Crippen molar-refractivity contribution >= 4 is 23.3 Å². The molecule has 0 unspecified atom stereocenters. The fourth-order valence-corrected chi connectivity index (χ4v) is 4.47. The molecule has 2 saturated heterocycles. The normalized spacial score (nSPS) is 20.0. The van der Waals surface area contributed by atoms with E-state index in [9.17, 15) is 4.79 Å².